The van der Waals surface area contributed by atoms with Crippen molar-refractivity contribution in [1.29, 1.82) is 0 Å². The standard InChI is InChI=1S/C53H82O9Si/c1-12-37-18-21-42-47(57-37)51-50-49(59-42)48-46(60-50)29-53(61-48,62-51)23-22-39-26-33(4)41(55-39)20-19-38-25-32(3)34(5)44(56-38)28-45-40(27-36-16-14-13-15-17-36)35(6)43(58-45)24-31(2)30-54-63(10,11)52(7,8)9/h13-17,31-32,35,37-51H,4-5,12,18-30H2,1-3,6-11H3/t31-,32+,35+,37-,38-,39-,40+,41?,42-,43+,44?,45-,46?,47-,48-,49-,50?,51-,53-/m0/s1. The summed E-state index contributed by atoms with van der Waals surface area (Å²) < 4.78 is 61.3. The number of fused-ring (bicyclic) bond motifs is 1. The first kappa shape index (κ1) is 46.7. The van der Waals surface area contributed by atoms with Crippen molar-refractivity contribution in [3.05, 3.63) is 60.2 Å². The maximum atomic E-state index is 7.14. The van der Waals surface area contributed by atoms with Crippen LogP contribution in [-0.4, -0.2) is 106 Å². The molecule has 1 aromatic rings. The van der Waals surface area contributed by atoms with Crippen molar-refractivity contribution in [3.8, 4) is 0 Å². The van der Waals surface area contributed by atoms with Crippen molar-refractivity contribution in [2.24, 2.45) is 23.7 Å². The summed E-state index contributed by atoms with van der Waals surface area (Å²) in [6, 6.07) is 11.0. The Morgan fingerprint density at radius 3 is 2.29 bits per heavy atom. The molecule has 0 saturated carbocycles. The van der Waals surface area contributed by atoms with Gasteiger partial charge >= 0.3 is 0 Å². The normalized spacial score (nSPS) is 44.0. The van der Waals surface area contributed by atoms with Crippen molar-refractivity contribution >= 4 is 8.32 Å². The molecule has 6 bridgehead atoms. The Hall–Kier alpha value is -1.44. The largest absolute Gasteiger partial charge is 0.417 e. The van der Waals surface area contributed by atoms with Gasteiger partial charge in [0.15, 0.2) is 14.1 Å². The molecule has 10 heteroatoms. The second-order valence-corrected chi connectivity index (χ2v) is 27.8. The smallest absolute Gasteiger partial charge is 0.191 e. The van der Waals surface area contributed by atoms with Crippen LogP contribution in [0, 0.1) is 23.7 Å². The monoisotopic (exact) mass is 891 g/mol. The Morgan fingerprint density at radius 2 is 1.52 bits per heavy atom. The van der Waals surface area contributed by atoms with Gasteiger partial charge in [0.25, 0.3) is 0 Å². The van der Waals surface area contributed by atoms with Gasteiger partial charge in [-0.1, -0.05) is 92.0 Å². The van der Waals surface area contributed by atoms with Crippen LogP contribution in [0.4, 0.5) is 0 Å². The SMILES string of the molecule is C=C1C[C@H](CC[C@@]23CC4OC5[C@@H](O2)[C@H]2O[C@@H](CC)CC[C@@H]2O[C@H]5[C@H]4O3)OC1CC[C@H]1C[C@@H](C)C(=C)C(C[C@@H]2O[C@H](C[C@H](C)CO[Si](C)(C)C(C)(C)C)[C@H](C)[C@H]2Cc2ccccc2)O1. The highest BCUT2D eigenvalue weighted by atomic mass is 28.4. The van der Waals surface area contributed by atoms with Gasteiger partial charge in [0.05, 0.1) is 54.9 Å². The highest BCUT2D eigenvalue weighted by Gasteiger charge is 2.68. The van der Waals surface area contributed by atoms with E-state index in [-0.39, 0.29) is 90.5 Å². The number of hydrogen-bond donors (Lipinski definition) is 0. The molecule has 19 atom stereocenters. The number of rotatable bonds is 16. The summed E-state index contributed by atoms with van der Waals surface area (Å²) in [7, 11) is -1.82. The molecular weight excluding hydrogens is 809 g/mol. The fourth-order valence-electron chi connectivity index (χ4n) is 12.4. The van der Waals surface area contributed by atoms with E-state index in [0.717, 1.165) is 90.1 Å². The predicted octanol–water partition coefficient (Wildman–Crippen LogP) is 10.7. The van der Waals surface area contributed by atoms with Gasteiger partial charge in [-0.15, -0.1) is 0 Å². The lowest BCUT2D eigenvalue weighted by Crippen LogP contribution is -2.61. The van der Waals surface area contributed by atoms with E-state index in [4.69, 9.17) is 42.3 Å². The fourth-order valence-corrected chi connectivity index (χ4v) is 13.5. The number of ether oxygens (including phenoxy) is 8. The maximum Gasteiger partial charge on any atom is 0.191 e. The predicted molar refractivity (Wildman–Crippen MR) is 248 cm³/mol. The van der Waals surface area contributed by atoms with E-state index in [1.165, 1.54) is 16.7 Å². The lowest BCUT2D eigenvalue weighted by atomic mass is 9.78. The second kappa shape index (κ2) is 18.6. The quantitative estimate of drug-likeness (QED) is 0.119. The molecule has 1 aromatic carbocycles. The Bertz CT molecular complexity index is 1750. The van der Waals surface area contributed by atoms with E-state index in [1.54, 1.807) is 0 Å². The van der Waals surface area contributed by atoms with Gasteiger partial charge in [-0.05, 0) is 123 Å². The van der Waals surface area contributed by atoms with Crippen LogP contribution in [0.15, 0.2) is 54.6 Å². The van der Waals surface area contributed by atoms with Crippen LogP contribution in [0.1, 0.15) is 131 Å². The maximum absolute atomic E-state index is 7.14. The van der Waals surface area contributed by atoms with Gasteiger partial charge in [0, 0.05) is 25.9 Å². The molecule has 9 aliphatic rings. The second-order valence-electron chi connectivity index (χ2n) is 23.0. The molecule has 4 unspecified atom stereocenters. The molecule has 0 aromatic heterocycles. The zero-order chi connectivity index (χ0) is 44.4. The Labute approximate surface area is 381 Å². The van der Waals surface area contributed by atoms with Gasteiger partial charge in [-0.2, -0.15) is 0 Å². The topological polar surface area (TPSA) is 83.1 Å². The summed E-state index contributed by atoms with van der Waals surface area (Å²) in [6.07, 6.45) is 12.3. The van der Waals surface area contributed by atoms with Crippen molar-refractivity contribution in [3.63, 3.8) is 0 Å². The third-order valence-electron chi connectivity index (χ3n) is 17.4. The molecule has 352 valence electrons. The third kappa shape index (κ3) is 9.67. The van der Waals surface area contributed by atoms with Crippen LogP contribution in [-0.2, 0) is 48.7 Å². The minimum absolute atomic E-state index is 0.0122. The summed E-state index contributed by atoms with van der Waals surface area (Å²) in [4.78, 5) is 0. The van der Waals surface area contributed by atoms with E-state index in [2.05, 4.69) is 105 Å². The average Bonchev–Trinajstić information content (AvgIpc) is 3.92. The van der Waals surface area contributed by atoms with E-state index in [1.807, 2.05) is 0 Å². The van der Waals surface area contributed by atoms with Crippen molar-refractivity contribution in [2.45, 2.75) is 241 Å². The van der Waals surface area contributed by atoms with Crippen LogP contribution in [0.5, 0.6) is 0 Å². The average molecular weight is 891 g/mol. The summed E-state index contributed by atoms with van der Waals surface area (Å²) in [5.74, 6) is 0.973. The van der Waals surface area contributed by atoms with Gasteiger partial charge in [-0.25, -0.2) is 0 Å². The lowest BCUT2D eigenvalue weighted by Gasteiger charge is -2.47. The Balaban J connectivity index is 0.789. The van der Waals surface area contributed by atoms with Gasteiger partial charge in [0.1, 0.15) is 30.5 Å². The van der Waals surface area contributed by atoms with E-state index in [0.29, 0.717) is 23.7 Å². The molecule has 9 heterocycles. The minimum atomic E-state index is -1.82. The summed E-state index contributed by atoms with van der Waals surface area (Å²) in [5.41, 5.74) is 3.79. The lowest BCUT2D eigenvalue weighted by molar-refractivity contribution is -0.292. The van der Waals surface area contributed by atoms with Gasteiger partial charge in [-0.3, -0.25) is 0 Å². The highest BCUT2D eigenvalue weighted by molar-refractivity contribution is 6.74. The van der Waals surface area contributed by atoms with Crippen molar-refractivity contribution < 1.29 is 42.3 Å². The molecule has 0 radical (unpaired) electrons. The summed E-state index contributed by atoms with van der Waals surface area (Å²) >= 11 is 0. The highest BCUT2D eigenvalue weighted by Crippen LogP contribution is 2.54. The van der Waals surface area contributed by atoms with Crippen LogP contribution in [0.25, 0.3) is 0 Å². The molecule has 0 spiro atoms. The van der Waals surface area contributed by atoms with E-state index < -0.39 is 14.1 Å². The minimum Gasteiger partial charge on any atom is -0.417 e. The van der Waals surface area contributed by atoms with Gasteiger partial charge in [0.2, 0.25) is 0 Å². The van der Waals surface area contributed by atoms with Gasteiger partial charge < -0.3 is 42.3 Å². The van der Waals surface area contributed by atoms with E-state index in [9.17, 15) is 0 Å². The number of hydrogen-bond acceptors (Lipinski definition) is 9. The fraction of sp³-hybridized carbons (Fsp3) is 0.811. The molecule has 0 aliphatic carbocycles. The third-order valence-corrected chi connectivity index (χ3v) is 21.9. The van der Waals surface area contributed by atoms with Crippen LogP contribution in [0.3, 0.4) is 0 Å². The van der Waals surface area contributed by atoms with Crippen molar-refractivity contribution in [2.75, 3.05) is 6.61 Å². The molecule has 9 fully saturated rings. The molecule has 10 rings (SSSR count). The van der Waals surface area contributed by atoms with Crippen LogP contribution in [0.2, 0.25) is 18.1 Å². The Morgan fingerprint density at radius 1 is 0.794 bits per heavy atom. The molecule has 0 amide bonds. The zero-order valence-electron chi connectivity index (χ0n) is 40.3. The molecule has 9 saturated heterocycles. The zero-order valence-corrected chi connectivity index (χ0v) is 41.3. The molecule has 0 N–H and O–H groups in total. The first-order chi connectivity index (χ1) is 30.0. The summed E-state index contributed by atoms with van der Waals surface area (Å²) in [6.45, 7) is 30.9. The molecule has 9 aliphatic heterocycles. The molecule has 9 nitrogen and oxygen atoms in total. The summed E-state index contributed by atoms with van der Waals surface area (Å²) in [5, 5.41) is 0.203. The van der Waals surface area contributed by atoms with Crippen molar-refractivity contribution in [1.82, 2.24) is 0 Å². The molecular formula is C53H82O9Si. The molecule has 63 heavy (non-hydrogen) atoms. The number of benzene rings is 1. The Kier molecular flexibility index (Phi) is 13.8. The first-order valence-electron chi connectivity index (χ1n) is 25.3. The first-order valence-corrected chi connectivity index (χ1v) is 28.2. The van der Waals surface area contributed by atoms with Crippen LogP contribution >= 0.6 is 0 Å². The van der Waals surface area contributed by atoms with E-state index >= 15 is 0 Å². The van der Waals surface area contributed by atoms with Crippen LogP contribution < -0.4 is 0 Å².